The first-order valence-electron chi connectivity index (χ1n) is 4.09. The van der Waals surface area contributed by atoms with Gasteiger partial charge in [0.05, 0.1) is 0 Å². The monoisotopic (exact) mass is 146 g/mol. The lowest BCUT2D eigenvalue weighted by Gasteiger charge is -1.96. The van der Waals surface area contributed by atoms with Crippen molar-refractivity contribution in [3.05, 3.63) is 23.3 Å². The number of hydrogen-bond donors (Lipinski definition) is 0. The molecular formula is C11H14. The smallest absolute Gasteiger partial charge is 0.00523 e. The molecule has 1 atom stereocenters. The van der Waals surface area contributed by atoms with E-state index in [0.29, 0.717) is 0 Å². The van der Waals surface area contributed by atoms with Crippen molar-refractivity contribution in [2.75, 3.05) is 0 Å². The largest absolute Gasteiger partial charge is 0.115 e. The minimum atomic E-state index is 0.743. The molecule has 0 fully saturated rings. The quantitative estimate of drug-likeness (QED) is 0.499. The van der Waals surface area contributed by atoms with Crippen LogP contribution in [0.2, 0.25) is 0 Å². The lowest BCUT2D eigenvalue weighted by molar-refractivity contribution is 0.627. The highest BCUT2D eigenvalue weighted by atomic mass is 14.2. The Kier molecular flexibility index (Phi) is 2.54. The minimum absolute atomic E-state index is 0.743. The Morgan fingerprint density at radius 3 is 2.82 bits per heavy atom. The van der Waals surface area contributed by atoms with Crippen LogP contribution in [0, 0.1) is 18.3 Å². The molecule has 58 valence electrons. The van der Waals surface area contributed by atoms with Gasteiger partial charge in [0.1, 0.15) is 0 Å². The first-order valence-corrected chi connectivity index (χ1v) is 4.09. The van der Waals surface area contributed by atoms with Crippen LogP contribution in [-0.4, -0.2) is 0 Å². The Labute approximate surface area is 69.0 Å². The van der Waals surface area contributed by atoms with Crippen molar-refractivity contribution in [2.45, 2.75) is 26.7 Å². The summed E-state index contributed by atoms with van der Waals surface area (Å²) in [4.78, 5) is 0. The first-order chi connectivity index (χ1) is 5.27. The second-order valence-corrected chi connectivity index (χ2v) is 3.16. The minimum Gasteiger partial charge on any atom is -0.115 e. The van der Waals surface area contributed by atoms with Gasteiger partial charge in [-0.3, -0.25) is 0 Å². The van der Waals surface area contributed by atoms with Gasteiger partial charge in [-0.05, 0) is 31.3 Å². The predicted molar refractivity (Wildman–Crippen MR) is 49.1 cm³/mol. The highest BCUT2D eigenvalue weighted by Crippen LogP contribution is 2.31. The zero-order chi connectivity index (χ0) is 8.27. The molecule has 1 rings (SSSR count). The van der Waals surface area contributed by atoms with Crippen LogP contribution in [0.15, 0.2) is 23.3 Å². The average Bonchev–Trinajstić information content (AvgIpc) is 2.32. The van der Waals surface area contributed by atoms with Gasteiger partial charge in [0.25, 0.3) is 0 Å². The van der Waals surface area contributed by atoms with Crippen LogP contribution in [0.3, 0.4) is 0 Å². The molecule has 0 N–H and O–H groups in total. The molecule has 0 bridgehead atoms. The third kappa shape index (κ3) is 1.74. The SMILES string of the molecule is C#CC1=C(/C=C\C)CC(C)C1. The van der Waals surface area contributed by atoms with Gasteiger partial charge in [-0.1, -0.05) is 25.0 Å². The molecule has 0 saturated heterocycles. The molecule has 0 heterocycles. The van der Waals surface area contributed by atoms with Crippen LogP contribution in [0.1, 0.15) is 26.7 Å². The van der Waals surface area contributed by atoms with E-state index in [4.69, 9.17) is 6.42 Å². The number of terminal acetylenes is 1. The molecular weight excluding hydrogens is 132 g/mol. The van der Waals surface area contributed by atoms with Crippen molar-refractivity contribution in [2.24, 2.45) is 5.92 Å². The van der Waals surface area contributed by atoms with E-state index in [0.717, 1.165) is 18.8 Å². The predicted octanol–water partition coefficient (Wildman–Crippen LogP) is 2.92. The van der Waals surface area contributed by atoms with E-state index >= 15 is 0 Å². The van der Waals surface area contributed by atoms with Gasteiger partial charge >= 0.3 is 0 Å². The van der Waals surface area contributed by atoms with E-state index in [1.54, 1.807) is 0 Å². The van der Waals surface area contributed by atoms with E-state index in [2.05, 4.69) is 25.0 Å². The van der Waals surface area contributed by atoms with Crippen molar-refractivity contribution in [1.82, 2.24) is 0 Å². The van der Waals surface area contributed by atoms with Gasteiger partial charge in [-0.15, -0.1) is 6.42 Å². The summed E-state index contributed by atoms with van der Waals surface area (Å²) < 4.78 is 0. The number of rotatable bonds is 1. The molecule has 1 unspecified atom stereocenters. The highest BCUT2D eigenvalue weighted by Gasteiger charge is 2.16. The molecule has 0 aliphatic heterocycles. The topological polar surface area (TPSA) is 0 Å². The van der Waals surface area contributed by atoms with E-state index in [9.17, 15) is 0 Å². The van der Waals surface area contributed by atoms with Crippen LogP contribution in [0.4, 0.5) is 0 Å². The molecule has 0 saturated carbocycles. The Hall–Kier alpha value is -0.960. The number of hydrogen-bond acceptors (Lipinski definition) is 0. The van der Waals surface area contributed by atoms with Gasteiger partial charge < -0.3 is 0 Å². The van der Waals surface area contributed by atoms with E-state index < -0.39 is 0 Å². The summed E-state index contributed by atoms with van der Waals surface area (Å²) in [7, 11) is 0. The maximum absolute atomic E-state index is 5.37. The standard InChI is InChI=1S/C11H14/c1-4-6-11-8-9(3)7-10(11)5-2/h2,4,6,9H,7-8H2,1,3H3/b6-4-. The molecule has 0 nitrogen and oxygen atoms in total. The van der Waals surface area contributed by atoms with Crippen molar-refractivity contribution in [3.63, 3.8) is 0 Å². The second kappa shape index (κ2) is 3.44. The second-order valence-electron chi connectivity index (χ2n) is 3.16. The van der Waals surface area contributed by atoms with Crippen LogP contribution < -0.4 is 0 Å². The summed E-state index contributed by atoms with van der Waals surface area (Å²) in [5.41, 5.74) is 2.57. The molecule has 0 aromatic heterocycles. The molecule has 0 radical (unpaired) electrons. The van der Waals surface area contributed by atoms with Crippen molar-refractivity contribution < 1.29 is 0 Å². The third-order valence-corrected chi connectivity index (χ3v) is 2.05. The van der Waals surface area contributed by atoms with Crippen LogP contribution >= 0.6 is 0 Å². The molecule has 0 spiro atoms. The summed E-state index contributed by atoms with van der Waals surface area (Å²) in [6.07, 6.45) is 11.8. The van der Waals surface area contributed by atoms with Crippen molar-refractivity contribution in [1.29, 1.82) is 0 Å². The summed E-state index contributed by atoms with van der Waals surface area (Å²) in [5, 5.41) is 0. The summed E-state index contributed by atoms with van der Waals surface area (Å²) in [6, 6.07) is 0. The summed E-state index contributed by atoms with van der Waals surface area (Å²) in [5.74, 6) is 3.50. The Balaban J connectivity index is 2.81. The van der Waals surface area contributed by atoms with Crippen molar-refractivity contribution in [3.8, 4) is 12.3 Å². The van der Waals surface area contributed by atoms with Crippen LogP contribution in [0.5, 0.6) is 0 Å². The van der Waals surface area contributed by atoms with E-state index in [1.165, 1.54) is 11.1 Å². The van der Waals surface area contributed by atoms with E-state index in [-0.39, 0.29) is 0 Å². The fourth-order valence-electron chi connectivity index (χ4n) is 1.57. The third-order valence-electron chi connectivity index (χ3n) is 2.05. The molecule has 0 aromatic carbocycles. The Morgan fingerprint density at radius 2 is 2.27 bits per heavy atom. The maximum Gasteiger partial charge on any atom is 0.00523 e. The van der Waals surface area contributed by atoms with Gasteiger partial charge in [0, 0.05) is 5.57 Å². The summed E-state index contributed by atoms with van der Waals surface area (Å²) in [6.45, 7) is 4.28. The first kappa shape index (κ1) is 8.14. The zero-order valence-electron chi connectivity index (χ0n) is 7.22. The van der Waals surface area contributed by atoms with Gasteiger partial charge in [0.15, 0.2) is 0 Å². The molecule has 0 amide bonds. The van der Waals surface area contributed by atoms with Gasteiger partial charge in [-0.2, -0.15) is 0 Å². The fraction of sp³-hybridized carbons (Fsp3) is 0.455. The van der Waals surface area contributed by atoms with Crippen molar-refractivity contribution >= 4 is 0 Å². The number of allylic oxidation sites excluding steroid dienone is 4. The fourth-order valence-corrected chi connectivity index (χ4v) is 1.57. The lowest BCUT2D eigenvalue weighted by Crippen LogP contribution is -1.84. The van der Waals surface area contributed by atoms with E-state index in [1.807, 2.05) is 6.92 Å². The molecule has 11 heavy (non-hydrogen) atoms. The average molecular weight is 146 g/mol. The van der Waals surface area contributed by atoms with Crippen LogP contribution in [-0.2, 0) is 0 Å². The highest BCUT2D eigenvalue weighted by molar-refractivity contribution is 5.40. The van der Waals surface area contributed by atoms with Gasteiger partial charge in [-0.25, -0.2) is 0 Å². The lowest BCUT2D eigenvalue weighted by atomic mass is 10.1. The Bertz CT molecular complexity index is 235. The van der Waals surface area contributed by atoms with Crippen LogP contribution in [0.25, 0.3) is 0 Å². The molecule has 1 aliphatic rings. The maximum atomic E-state index is 5.37. The summed E-state index contributed by atoms with van der Waals surface area (Å²) >= 11 is 0. The molecule has 0 heteroatoms. The normalized spacial score (nSPS) is 24.6. The molecule has 0 aromatic rings. The molecule has 1 aliphatic carbocycles. The van der Waals surface area contributed by atoms with Gasteiger partial charge in [0.2, 0.25) is 0 Å². The zero-order valence-corrected chi connectivity index (χ0v) is 7.22. The Morgan fingerprint density at radius 1 is 1.55 bits per heavy atom.